The van der Waals surface area contributed by atoms with Gasteiger partial charge in [-0.2, -0.15) is 13.2 Å². The van der Waals surface area contributed by atoms with Gasteiger partial charge in [0, 0.05) is 18.7 Å². The first-order valence-electron chi connectivity index (χ1n) is 11.4. The van der Waals surface area contributed by atoms with Crippen LogP contribution in [-0.4, -0.2) is 57.2 Å². The molecule has 0 radical (unpaired) electrons. The summed E-state index contributed by atoms with van der Waals surface area (Å²) in [5.41, 5.74) is -0.695. The van der Waals surface area contributed by atoms with Crippen molar-refractivity contribution in [1.82, 2.24) is 20.4 Å². The SMILES string of the molecule is CC(C)C[C@@H](/C=C/C(=O)Nc1nnc(C(F)(F)F)s1)NC(=O)[C@@H]1CCCCN1C(=O)OC(C)(C)C. The Labute approximate surface area is 206 Å². The zero-order chi connectivity index (χ0) is 26.4. The van der Waals surface area contributed by atoms with Gasteiger partial charge in [-0.1, -0.05) is 31.3 Å². The van der Waals surface area contributed by atoms with Crippen molar-refractivity contribution in [1.29, 1.82) is 0 Å². The van der Waals surface area contributed by atoms with Gasteiger partial charge in [-0.15, -0.1) is 10.2 Å². The zero-order valence-corrected chi connectivity index (χ0v) is 21.3. The van der Waals surface area contributed by atoms with Crippen molar-refractivity contribution in [3.8, 4) is 0 Å². The highest BCUT2D eigenvalue weighted by molar-refractivity contribution is 7.15. The Morgan fingerprint density at radius 3 is 2.46 bits per heavy atom. The van der Waals surface area contributed by atoms with Gasteiger partial charge in [0.1, 0.15) is 11.6 Å². The van der Waals surface area contributed by atoms with Gasteiger partial charge in [0.15, 0.2) is 0 Å². The lowest BCUT2D eigenvalue weighted by Gasteiger charge is -2.36. The molecule has 0 spiro atoms. The zero-order valence-electron chi connectivity index (χ0n) is 20.4. The second-order valence-corrected chi connectivity index (χ2v) is 10.7. The van der Waals surface area contributed by atoms with Crippen LogP contribution in [0.4, 0.5) is 23.1 Å². The maximum Gasteiger partial charge on any atom is 0.445 e. The lowest BCUT2D eigenvalue weighted by molar-refractivity contribution is -0.138. The Balaban J connectivity index is 2.05. The summed E-state index contributed by atoms with van der Waals surface area (Å²) in [4.78, 5) is 39.3. The number of carbonyl (C=O) groups is 3. The lowest BCUT2D eigenvalue weighted by Crippen LogP contribution is -2.54. The summed E-state index contributed by atoms with van der Waals surface area (Å²) < 4.78 is 43.4. The van der Waals surface area contributed by atoms with Crippen molar-refractivity contribution >= 4 is 34.4 Å². The highest BCUT2D eigenvalue weighted by atomic mass is 32.1. The summed E-state index contributed by atoms with van der Waals surface area (Å²) in [6.07, 6.45) is -0.0489. The predicted octanol–water partition coefficient (Wildman–Crippen LogP) is 4.37. The molecule has 1 aliphatic heterocycles. The van der Waals surface area contributed by atoms with E-state index in [2.05, 4.69) is 20.8 Å². The van der Waals surface area contributed by atoms with E-state index in [-0.39, 0.29) is 28.3 Å². The van der Waals surface area contributed by atoms with E-state index >= 15 is 0 Å². The van der Waals surface area contributed by atoms with E-state index in [1.165, 1.54) is 11.0 Å². The minimum absolute atomic E-state index is 0.166. The topological polar surface area (TPSA) is 114 Å². The van der Waals surface area contributed by atoms with E-state index in [9.17, 15) is 27.6 Å². The Bertz CT molecular complexity index is 927. The molecule has 0 unspecified atom stereocenters. The van der Waals surface area contributed by atoms with Crippen LogP contribution in [0.2, 0.25) is 0 Å². The number of nitrogens with one attached hydrogen (secondary N) is 2. The van der Waals surface area contributed by atoms with Gasteiger partial charge in [0.2, 0.25) is 22.0 Å². The molecule has 1 fully saturated rings. The molecule has 3 amide bonds. The molecule has 35 heavy (non-hydrogen) atoms. The minimum atomic E-state index is -4.64. The molecule has 0 saturated carbocycles. The summed E-state index contributed by atoms with van der Waals surface area (Å²) in [5, 5.41) is 10.0. The number of hydrogen-bond donors (Lipinski definition) is 2. The van der Waals surface area contributed by atoms with E-state index in [1.807, 2.05) is 13.8 Å². The highest BCUT2D eigenvalue weighted by Crippen LogP contribution is 2.33. The predicted molar refractivity (Wildman–Crippen MR) is 125 cm³/mol. The molecule has 196 valence electrons. The number of ether oxygens (including phenoxy) is 1. The molecule has 1 aliphatic rings. The summed E-state index contributed by atoms with van der Waals surface area (Å²) in [5.74, 6) is -0.894. The number of carbonyl (C=O) groups excluding carboxylic acids is 3. The second kappa shape index (κ2) is 11.8. The molecule has 0 bridgehead atoms. The molecule has 2 rings (SSSR count). The number of anilines is 1. The van der Waals surface area contributed by atoms with Gasteiger partial charge < -0.3 is 10.1 Å². The summed E-state index contributed by atoms with van der Waals surface area (Å²) in [6.45, 7) is 9.56. The minimum Gasteiger partial charge on any atom is -0.444 e. The monoisotopic (exact) mass is 519 g/mol. The largest absolute Gasteiger partial charge is 0.445 e. The lowest BCUT2D eigenvalue weighted by atomic mass is 9.99. The van der Waals surface area contributed by atoms with Crippen LogP contribution in [0.1, 0.15) is 65.3 Å². The Kier molecular flexibility index (Phi) is 9.64. The number of halogens is 3. The van der Waals surface area contributed by atoms with Crippen LogP contribution in [0.3, 0.4) is 0 Å². The van der Waals surface area contributed by atoms with E-state index in [0.29, 0.717) is 19.4 Å². The Hall–Kier alpha value is -2.70. The van der Waals surface area contributed by atoms with Crippen LogP contribution in [-0.2, 0) is 20.5 Å². The van der Waals surface area contributed by atoms with E-state index in [4.69, 9.17) is 4.74 Å². The number of nitrogens with zero attached hydrogens (tertiary/aromatic N) is 3. The fourth-order valence-corrected chi connectivity index (χ4v) is 4.07. The average Bonchev–Trinajstić information content (AvgIpc) is 3.19. The Morgan fingerprint density at radius 1 is 1.20 bits per heavy atom. The molecule has 13 heteroatoms. The van der Waals surface area contributed by atoms with Crippen LogP contribution < -0.4 is 10.6 Å². The third-order valence-electron chi connectivity index (χ3n) is 4.86. The number of aromatic nitrogens is 2. The summed E-state index contributed by atoms with van der Waals surface area (Å²) >= 11 is 0.217. The van der Waals surface area contributed by atoms with Crippen molar-refractivity contribution in [2.75, 3.05) is 11.9 Å². The van der Waals surface area contributed by atoms with Gasteiger partial charge in [0.05, 0.1) is 0 Å². The van der Waals surface area contributed by atoms with Gasteiger partial charge in [-0.05, 0) is 52.4 Å². The number of rotatable bonds is 7. The van der Waals surface area contributed by atoms with Crippen molar-refractivity contribution in [3.63, 3.8) is 0 Å². The van der Waals surface area contributed by atoms with Crippen LogP contribution >= 0.6 is 11.3 Å². The molecular weight excluding hydrogens is 487 g/mol. The van der Waals surface area contributed by atoms with Crippen LogP contribution in [0.25, 0.3) is 0 Å². The maximum absolute atomic E-state index is 13.1. The summed E-state index contributed by atoms with van der Waals surface area (Å²) in [6, 6.07) is -1.23. The first-order valence-corrected chi connectivity index (χ1v) is 12.2. The van der Waals surface area contributed by atoms with Crippen molar-refractivity contribution in [3.05, 3.63) is 17.2 Å². The van der Waals surface area contributed by atoms with Gasteiger partial charge in [0.25, 0.3) is 0 Å². The fraction of sp³-hybridized carbons (Fsp3) is 0.682. The maximum atomic E-state index is 13.1. The normalized spacial score (nSPS) is 18.0. The van der Waals surface area contributed by atoms with Gasteiger partial charge in [-0.25, -0.2) is 4.79 Å². The molecule has 0 aliphatic carbocycles. The quantitative estimate of drug-likeness (QED) is 0.517. The number of amides is 3. The second-order valence-electron chi connectivity index (χ2n) is 9.69. The molecule has 2 atom stereocenters. The van der Waals surface area contributed by atoms with E-state index in [0.717, 1.165) is 18.9 Å². The number of alkyl halides is 3. The highest BCUT2D eigenvalue weighted by Gasteiger charge is 2.36. The fourth-order valence-electron chi connectivity index (χ4n) is 3.45. The van der Waals surface area contributed by atoms with E-state index < -0.39 is 40.9 Å². The molecule has 0 aromatic carbocycles. The molecule has 1 aromatic heterocycles. The van der Waals surface area contributed by atoms with E-state index in [1.54, 1.807) is 20.8 Å². The van der Waals surface area contributed by atoms with Gasteiger partial charge in [-0.3, -0.25) is 19.8 Å². The third kappa shape index (κ3) is 9.46. The first kappa shape index (κ1) is 28.5. The molecular formula is C22H32F3N5O4S. The molecule has 2 heterocycles. The molecule has 1 saturated heterocycles. The van der Waals surface area contributed by atoms with Crippen LogP contribution in [0.5, 0.6) is 0 Å². The van der Waals surface area contributed by atoms with Crippen LogP contribution in [0.15, 0.2) is 12.2 Å². The number of piperidine rings is 1. The smallest absolute Gasteiger partial charge is 0.444 e. The molecule has 2 N–H and O–H groups in total. The molecule has 1 aromatic rings. The van der Waals surface area contributed by atoms with Crippen molar-refractivity contribution in [2.45, 2.75) is 84.2 Å². The van der Waals surface area contributed by atoms with Crippen molar-refractivity contribution < 1.29 is 32.3 Å². The number of hydrogen-bond acceptors (Lipinski definition) is 7. The number of likely N-dealkylation sites (tertiary alicyclic amines) is 1. The van der Waals surface area contributed by atoms with Crippen molar-refractivity contribution in [2.24, 2.45) is 5.92 Å². The molecule has 9 nitrogen and oxygen atoms in total. The first-order chi connectivity index (χ1) is 16.2. The summed E-state index contributed by atoms with van der Waals surface area (Å²) in [7, 11) is 0. The third-order valence-corrected chi connectivity index (χ3v) is 5.75. The Morgan fingerprint density at radius 2 is 1.89 bits per heavy atom. The van der Waals surface area contributed by atoms with Crippen LogP contribution in [0, 0.1) is 5.92 Å². The van der Waals surface area contributed by atoms with Gasteiger partial charge >= 0.3 is 12.3 Å². The standard InChI is InChI=1S/C22H32F3N5O4S/c1-13(2)12-14(9-10-16(31)27-19-29-28-18(35-19)22(23,24)25)26-17(32)15-8-6-7-11-30(15)20(33)34-21(3,4)5/h9-10,13-15H,6-8,11-12H2,1-5H3,(H,26,32)(H,27,29,31)/b10-9+/t14-,15+/m1/s1. The average molecular weight is 520 g/mol.